The molecular weight excluding hydrogens is 192 g/mol. The number of hydrogen-bond acceptors (Lipinski definition) is 1. The molecule has 74 valence electrons. The molecule has 0 aliphatic carbocycles. The number of benzene rings is 1. The Hall–Kier alpha value is -1.09. The Kier molecular flexibility index (Phi) is 2.68. The Morgan fingerprint density at radius 1 is 1.21 bits per heavy atom. The van der Waals surface area contributed by atoms with E-state index in [1.54, 1.807) is 0 Å². The molecule has 1 aromatic rings. The van der Waals surface area contributed by atoms with Gasteiger partial charge in [0.1, 0.15) is 0 Å². The van der Waals surface area contributed by atoms with Crippen LogP contribution in [-0.4, -0.2) is 29.6 Å². The van der Waals surface area contributed by atoms with Crippen LogP contribution in [0.4, 0.5) is 5.69 Å². The van der Waals surface area contributed by atoms with Gasteiger partial charge in [0.05, 0.1) is 0 Å². The number of thiocarbonyl (C=S) groups is 1. The van der Waals surface area contributed by atoms with Gasteiger partial charge in [-0.15, -0.1) is 0 Å². The molecule has 0 radical (unpaired) electrons. The summed E-state index contributed by atoms with van der Waals surface area (Å²) in [4.78, 5) is 4.42. The van der Waals surface area contributed by atoms with Crippen LogP contribution in [0.25, 0.3) is 0 Å². The van der Waals surface area contributed by atoms with E-state index in [9.17, 15) is 0 Å². The molecule has 1 fully saturated rings. The minimum atomic E-state index is 0.957. The first kappa shape index (κ1) is 9.46. The lowest BCUT2D eigenvalue weighted by molar-refractivity contribution is 0.496. The fraction of sp³-hybridized carbons (Fsp3) is 0.364. The van der Waals surface area contributed by atoms with Gasteiger partial charge >= 0.3 is 0 Å². The van der Waals surface area contributed by atoms with Gasteiger partial charge in [0.2, 0.25) is 0 Å². The summed E-state index contributed by atoms with van der Waals surface area (Å²) in [6.45, 7) is 5.20. The van der Waals surface area contributed by atoms with Crippen LogP contribution in [0.3, 0.4) is 0 Å². The Bertz CT molecular complexity index is 323. The number of rotatable bonds is 2. The van der Waals surface area contributed by atoms with Gasteiger partial charge in [-0.25, -0.2) is 0 Å². The Labute approximate surface area is 90.1 Å². The normalized spacial score (nSPS) is 16.5. The molecule has 0 atom stereocenters. The molecule has 0 bridgehead atoms. The number of anilines is 1. The fourth-order valence-electron chi connectivity index (χ4n) is 1.72. The molecule has 1 aliphatic heterocycles. The predicted octanol–water partition coefficient (Wildman–Crippen LogP) is 2.11. The summed E-state index contributed by atoms with van der Waals surface area (Å²) in [7, 11) is 0. The molecule has 1 aromatic carbocycles. The molecule has 3 heteroatoms. The van der Waals surface area contributed by atoms with Crippen LogP contribution in [-0.2, 0) is 0 Å². The lowest BCUT2D eigenvalue weighted by atomic mass is 10.3. The quantitative estimate of drug-likeness (QED) is 0.684. The summed E-state index contributed by atoms with van der Waals surface area (Å²) in [5.41, 5.74) is 1.20. The largest absolute Gasteiger partial charge is 0.347 e. The van der Waals surface area contributed by atoms with Gasteiger partial charge in [-0.05, 0) is 31.3 Å². The molecule has 0 unspecified atom stereocenters. The van der Waals surface area contributed by atoms with Crippen molar-refractivity contribution in [3.8, 4) is 0 Å². The van der Waals surface area contributed by atoms with Gasteiger partial charge in [0.15, 0.2) is 5.11 Å². The second-order valence-corrected chi connectivity index (χ2v) is 3.71. The van der Waals surface area contributed by atoms with E-state index in [2.05, 4.69) is 28.9 Å². The second kappa shape index (κ2) is 3.96. The molecule has 0 N–H and O–H groups in total. The number of nitrogens with zero attached hydrogens (tertiary/aromatic N) is 2. The topological polar surface area (TPSA) is 6.48 Å². The minimum Gasteiger partial charge on any atom is -0.347 e. The molecule has 14 heavy (non-hydrogen) atoms. The van der Waals surface area contributed by atoms with Crippen LogP contribution in [0.15, 0.2) is 30.3 Å². The van der Waals surface area contributed by atoms with E-state index in [0.717, 1.165) is 24.7 Å². The highest BCUT2D eigenvalue weighted by Crippen LogP contribution is 2.19. The molecule has 1 aliphatic rings. The average molecular weight is 206 g/mol. The first-order chi connectivity index (χ1) is 6.83. The van der Waals surface area contributed by atoms with Gasteiger partial charge in [-0.3, -0.25) is 0 Å². The summed E-state index contributed by atoms with van der Waals surface area (Å²) in [6, 6.07) is 10.3. The average Bonchev–Trinajstić information content (AvgIpc) is 2.61. The zero-order valence-corrected chi connectivity index (χ0v) is 9.13. The first-order valence-electron chi connectivity index (χ1n) is 4.94. The maximum absolute atomic E-state index is 5.39. The molecule has 0 saturated carbocycles. The minimum absolute atomic E-state index is 0.957. The molecule has 0 aromatic heterocycles. The summed E-state index contributed by atoms with van der Waals surface area (Å²) in [5.74, 6) is 0. The lowest BCUT2D eigenvalue weighted by Gasteiger charge is -2.20. The first-order valence-corrected chi connectivity index (χ1v) is 5.35. The van der Waals surface area contributed by atoms with Gasteiger partial charge in [-0.2, -0.15) is 0 Å². The van der Waals surface area contributed by atoms with Crippen molar-refractivity contribution in [3.05, 3.63) is 30.3 Å². The van der Waals surface area contributed by atoms with Crippen LogP contribution in [0, 0.1) is 0 Å². The van der Waals surface area contributed by atoms with Gasteiger partial charge in [0.25, 0.3) is 0 Å². The van der Waals surface area contributed by atoms with Gasteiger partial charge < -0.3 is 9.80 Å². The number of likely N-dealkylation sites (N-methyl/N-ethyl adjacent to an activating group) is 1. The van der Waals surface area contributed by atoms with E-state index in [4.69, 9.17) is 12.2 Å². The van der Waals surface area contributed by atoms with Crippen molar-refractivity contribution in [2.45, 2.75) is 6.92 Å². The molecule has 2 nitrogen and oxygen atoms in total. The summed E-state index contributed by atoms with van der Waals surface area (Å²) >= 11 is 5.39. The van der Waals surface area contributed by atoms with Crippen LogP contribution in [0.1, 0.15) is 6.92 Å². The highest BCUT2D eigenvalue weighted by Gasteiger charge is 2.23. The van der Waals surface area contributed by atoms with Crippen molar-refractivity contribution in [2.24, 2.45) is 0 Å². The van der Waals surface area contributed by atoms with Crippen LogP contribution in [0.5, 0.6) is 0 Å². The highest BCUT2D eigenvalue weighted by atomic mass is 32.1. The lowest BCUT2D eigenvalue weighted by Crippen LogP contribution is -2.31. The monoisotopic (exact) mass is 206 g/mol. The number of hydrogen-bond donors (Lipinski definition) is 0. The van der Waals surface area contributed by atoms with E-state index in [1.165, 1.54) is 5.69 Å². The van der Waals surface area contributed by atoms with Crippen molar-refractivity contribution in [1.82, 2.24) is 4.90 Å². The Balaban J connectivity index is 2.18. The van der Waals surface area contributed by atoms with Crippen molar-refractivity contribution in [3.63, 3.8) is 0 Å². The van der Waals surface area contributed by atoms with E-state index >= 15 is 0 Å². The molecule has 0 amide bonds. The smallest absolute Gasteiger partial charge is 0.176 e. The predicted molar refractivity (Wildman–Crippen MR) is 63.6 cm³/mol. The fourth-order valence-corrected chi connectivity index (χ4v) is 2.14. The summed E-state index contributed by atoms with van der Waals surface area (Å²) in [5, 5.41) is 0.957. The third kappa shape index (κ3) is 1.60. The summed E-state index contributed by atoms with van der Waals surface area (Å²) in [6.07, 6.45) is 0. The van der Waals surface area contributed by atoms with E-state index < -0.39 is 0 Å². The van der Waals surface area contributed by atoms with Crippen LogP contribution >= 0.6 is 12.2 Å². The third-order valence-electron chi connectivity index (χ3n) is 2.54. The van der Waals surface area contributed by atoms with E-state index in [-0.39, 0.29) is 0 Å². The molecule has 2 rings (SSSR count). The maximum Gasteiger partial charge on any atom is 0.176 e. The Morgan fingerprint density at radius 2 is 1.93 bits per heavy atom. The molecule has 1 saturated heterocycles. The second-order valence-electron chi connectivity index (χ2n) is 3.35. The zero-order chi connectivity index (χ0) is 9.97. The molecule has 0 spiro atoms. The Morgan fingerprint density at radius 3 is 2.50 bits per heavy atom. The van der Waals surface area contributed by atoms with Crippen molar-refractivity contribution < 1.29 is 0 Å². The highest BCUT2D eigenvalue weighted by molar-refractivity contribution is 7.80. The van der Waals surface area contributed by atoms with Crippen molar-refractivity contribution >= 4 is 23.0 Å². The van der Waals surface area contributed by atoms with Crippen LogP contribution in [0.2, 0.25) is 0 Å². The van der Waals surface area contributed by atoms with E-state index in [0.29, 0.717) is 0 Å². The SMILES string of the molecule is CCN1CCN(c2ccccc2)C1=S. The van der Waals surface area contributed by atoms with Crippen molar-refractivity contribution in [1.29, 1.82) is 0 Å². The summed E-state index contributed by atoms with van der Waals surface area (Å²) < 4.78 is 0. The maximum atomic E-state index is 5.39. The van der Waals surface area contributed by atoms with Crippen molar-refractivity contribution in [2.75, 3.05) is 24.5 Å². The van der Waals surface area contributed by atoms with Gasteiger partial charge in [-0.1, -0.05) is 18.2 Å². The van der Waals surface area contributed by atoms with Gasteiger partial charge in [0, 0.05) is 25.3 Å². The number of para-hydroxylation sites is 1. The molecule has 1 heterocycles. The molecular formula is C11H14N2S. The zero-order valence-electron chi connectivity index (χ0n) is 8.31. The third-order valence-corrected chi connectivity index (χ3v) is 3.02. The standard InChI is InChI=1S/C11H14N2S/c1-2-12-8-9-13(11(12)14)10-6-4-3-5-7-10/h3-7H,2,8-9H2,1H3. The van der Waals surface area contributed by atoms with E-state index in [1.807, 2.05) is 18.2 Å². The van der Waals surface area contributed by atoms with Crippen LogP contribution < -0.4 is 4.90 Å².